The molecule has 0 unspecified atom stereocenters. The fourth-order valence-corrected chi connectivity index (χ4v) is 2.13. The highest BCUT2D eigenvalue weighted by Crippen LogP contribution is 2.32. The van der Waals surface area contributed by atoms with E-state index in [9.17, 15) is 14.7 Å². The van der Waals surface area contributed by atoms with Crippen molar-refractivity contribution in [3.63, 3.8) is 0 Å². The Hall–Kier alpha value is -2.13. The maximum absolute atomic E-state index is 12.2. The van der Waals surface area contributed by atoms with E-state index in [2.05, 4.69) is 0 Å². The number of aromatic hydroxyl groups is 1. The van der Waals surface area contributed by atoms with Crippen molar-refractivity contribution in [2.75, 3.05) is 0 Å². The molecule has 0 radical (unpaired) electrons. The Morgan fingerprint density at radius 1 is 0.722 bits per heavy atom. The molecule has 1 aliphatic rings. The van der Waals surface area contributed by atoms with Gasteiger partial charge in [-0.05, 0) is 6.07 Å². The molecule has 4 heteroatoms. The first-order valence-corrected chi connectivity index (χ1v) is 5.20. The van der Waals surface area contributed by atoms with Gasteiger partial charge in [0, 0.05) is 16.7 Å². The fraction of sp³-hybridized carbons (Fsp3) is 0. The van der Waals surface area contributed by atoms with Gasteiger partial charge in [-0.25, -0.2) is 0 Å². The topological polar surface area (TPSA) is 54.4 Å². The third kappa shape index (κ3) is 1.52. The van der Waals surface area contributed by atoms with E-state index in [1.807, 2.05) is 0 Å². The van der Waals surface area contributed by atoms with Crippen LogP contribution >= 0.6 is 12.4 Å². The monoisotopic (exact) mass is 260 g/mol. The van der Waals surface area contributed by atoms with Crippen molar-refractivity contribution >= 4 is 24.0 Å². The third-order valence-electron chi connectivity index (χ3n) is 2.93. The fourth-order valence-electron chi connectivity index (χ4n) is 2.13. The highest BCUT2D eigenvalue weighted by molar-refractivity contribution is 6.29. The van der Waals surface area contributed by atoms with Crippen LogP contribution in [0.5, 0.6) is 5.75 Å². The number of phenols is 1. The molecule has 90 valence electrons. The van der Waals surface area contributed by atoms with Crippen LogP contribution in [0, 0.1) is 0 Å². The van der Waals surface area contributed by atoms with Gasteiger partial charge in [-0.15, -0.1) is 12.4 Å². The van der Waals surface area contributed by atoms with Crippen molar-refractivity contribution in [2.45, 2.75) is 0 Å². The number of benzene rings is 2. The molecule has 0 aromatic heterocycles. The first-order valence-electron chi connectivity index (χ1n) is 5.20. The number of phenolic OH excluding ortho intramolecular Hbond substituents is 1. The molecule has 3 nitrogen and oxygen atoms in total. The number of halogens is 1. The largest absolute Gasteiger partial charge is 0.507 e. The smallest absolute Gasteiger partial charge is 0.198 e. The maximum Gasteiger partial charge on any atom is 0.198 e. The summed E-state index contributed by atoms with van der Waals surface area (Å²) in [6.07, 6.45) is 0. The van der Waals surface area contributed by atoms with Crippen molar-refractivity contribution in [1.82, 2.24) is 0 Å². The maximum atomic E-state index is 12.2. The van der Waals surface area contributed by atoms with Gasteiger partial charge in [0.1, 0.15) is 5.75 Å². The lowest BCUT2D eigenvalue weighted by atomic mass is 9.84. The van der Waals surface area contributed by atoms with Crippen LogP contribution in [0.4, 0.5) is 0 Å². The Bertz CT molecular complexity index is 662. The lowest BCUT2D eigenvalue weighted by molar-refractivity contribution is 0.0976. The molecule has 0 amide bonds. The summed E-state index contributed by atoms with van der Waals surface area (Å²) in [6, 6.07) is 11.2. The summed E-state index contributed by atoms with van der Waals surface area (Å²) in [5, 5.41) is 9.70. The van der Waals surface area contributed by atoms with Crippen molar-refractivity contribution in [2.24, 2.45) is 0 Å². The molecule has 1 N–H and O–H groups in total. The molecule has 0 bridgehead atoms. The second-order valence-corrected chi connectivity index (χ2v) is 3.90. The Morgan fingerprint density at radius 2 is 1.28 bits per heavy atom. The third-order valence-corrected chi connectivity index (χ3v) is 2.93. The van der Waals surface area contributed by atoms with Gasteiger partial charge >= 0.3 is 0 Å². The van der Waals surface area contributed by atoms with Gasteiger partial charge in [0.25, 0.3) is 0 Å². The van der Waals surface area contributed by atoms with E-state index in [0.717, 1.165) is 0 Å². The minimum Gasteiger partial charge on any atom is -0.507 e. The minimum absolute atomic E-state index is 0. The van der Waals surface area contributed by atoms with Crippen LogP contribution in [-0.4, -0.2) is 16.7 Å². The number of hydrogen-bond acceptors (Lipinski definition) is 3. The SMILES string of the molecule is Cl.O=C1c2ccccc2C(=O)c2c(O)cccc21. The van der Waals surface area contributed by atoms with E-state index in [-0.39, 0.29) is 40.8 Å². The normalized spacial score (nSPS) is 12.4. The zero-order valence-corrected chi connectivity index (χ0v) is 10.0. The van der Waals surface area contributed by atoms with Gasteiger partial charge in [-0.2, -0.15) is 0 Å². The second-order valence-electron chi connectivity index (χ2n) is 3.90. The molecule has 0 aliphatic heterocycles. The van der Waals surface area contributed by atoms with Gasteiger partial charge in [0.05, 0.1) is 5.56 Å². The number of hydrogen-bond donors (Lipinski definition) is 1. The first-order chi connectivity index (χ1) is 8.20. The van der Waals surface area contributed by atoms with Crippen LogP contribution in [0.25, 0.3) is 0 Å². The van der Waals surface area contributed by atoms with Crippen molar-refractivity contribution in [3.8, 4) is 5.75 Å². The van der Waals surface area contributed by atoms with Gasteiger partial charge in [0.15, 0.2) is 11.6 Å². The molecule has 0 atom stereocenters. The first kappa shape index (κ1) is 12.3. The number of fused-ring (bicyclic) bond motifs is 2. The number of carbonyl (C=O) groups is 2. The predicted octanol–water partition coefficient (Wildman–Crippen LogP) is 2.59. The molecule has 0 saturated heterocycles. The molecule has 18 heavy (non-hydrogen) atoms. The van der Waals surface area contributed by atoms with Gasteiger partial charge in [-0.1, -0.05) is 36.4 Å². The van der Waals surface area contributed by atoms with E-state index < -0.39 is 0 Å². The summed E-state index contributed by atoms with van der Waals surface area (Å²) in [7, 11) is 0. The Morgan fingerprint density at radius 3 is 1.94 bits per heavy atom. The van der Waals surface area contributed by atoms with Crippen LogP contribution < -0.4 is 0 Å². The zero-order valence-electron chi connectivity index (χ0n) is 9.21. The van der Waals surface area contributed by atoms with Crippen LogP contribution in [0.15, 0.2) is 42.5 Å². The Labute approximate surface area is 109 Å². The summed E-state index contributed by atoms with van der Waals surface area (Å²) in [4.78, 5) is 24.3. The van der Waals surface area contributed by atoms with Crippen LogP contribution in [0.1, 0.15) is 31.8 Å². The Kier molecular flexibility index (Phi) is 2.93. The molecule has 2 aromatic rings. The zero-order chi connectivity index (χ0) is 12.0. The number of rotatable bonds is 0. The lowest BCUT2D eigenvalue weighted by Crippen LogP contribution is -2.20. The summed E-state index contributed by atoms with van der Waals surface area (Å²) in [5.74, 6) is -0.658. The molecular weight excluding hydrogens is 252 g/mol. The molecule has 0 spiro atoms. The van der Waals surface area contributed by atoms with E-state index in [0.29, 0.717) is 11.1 Å². The van der Waals surface area contributed by atoms with Crippen molar-refractivity contribution in [3.05, 3.63) is 64.7 Å². The number of carbonyl (C=O) groups excluding carboxylic acids is 2. The molecular formula is C14H9ClO3. The summed E-state index contributed by atoms with van der Waals surface area (Å²) in [6.45, 7) is 0. The lowest BCUT2D eigenvalue weighted by Gasteiger charge is -2.17. The standard InChI is InChI=1S/C14H8O3.ClH/c15-11-7-3-6-10-12(11)14(17)9-5-2-1-4-8(9)13(10)16;/h1-7,15H;1H. The molecule has 0 heterocycles. The van der Waals surface area contributed by atoms with Crippen LogP contribution in [0.2, 0.25) is 0 Å². The highest BCUT2D eigenvalue weighted by atomic mass is 35.5. The minimum atomic E-state index is -0.298. The van der Waals surface area contributed by atoms with Crippen LogP contribution in [0.3, 0.4) is 0 Å². The highest BCUT2D eigenvalue weighted by Gasteiger charge is 2.31. The molecule has 0 saturated carbocycles. The molecule has 1 aliphatic carbocycles. The van der Waals surface area contributed by atoms with Gasteiger partial charge < -0.3 is 5.11 Å². The predicted molar refractivity (Wildman–Crippen MR) is 68.7 cm³/mol. The molecule has 0 fully saturated rings. The average Bonchev–Trinajstić information content (AvgIpc) is 2.36. The van der Waals surface area contributed by atoms with Gasteiger partial charge in [-0.3, -0.25) is 9.59 Å². The van der Waals surface area contributed by atoms with E-state index in [4.69, 9.17) is 0 Å². The Balaban J connectivity index is 0.00000120. The molecule has 3 rings (SSSR count). The van der Waals surface area contributed by atoms with E-state index in [1.165, 1.54) is 6.07 Å². The van der Waals surface area contributed by atoms with Gasteiger partial charge in [0.2, 0.25) is 0 Å². The number of ketones is 2. The van der Waals surface area contributed by atoms with Crippen molar-refractivity contribution in [1.29, 1.82) is 0 Å². The average molecular weight is 261 g/mol. The molecule has 2 aromatic carbocycles. The van der Waals surface area contributed by atoms with E-state index in [1.54, 1.807) is 36.4 Å². The summed E-state index contributed by atoms with van der Waals surface area (Å²) >= 11 is 0. The van der Waals surface area contributed by atoms with Crippen molar-refractivity contribution < 1.29 is 14.7 Å². The summed E-state index contributed by atoms with van der Waals surface area (Å²) < 4.78 is 0. The summed E-state index contributed by atoms with van der Waals surface area (Å²) in [5.41, 5.74) is 1.13. The second kappa shape index (κ2) is 4.27. The van der Waals surface area contributed by atoms with E-state index >= 15 is 0 Å². The quantitative estimate of drug-likeness (QED) is 0.676. The van der Waals surface area contributed by atoms with Crippen LogP contribution in [-0.2, 0) is 0 Å².